The summed E-state index contributed by atoms with van der Waals surface area (Å²) < 4.78 is 24.1. The van der Waals surface area contributed by atoms with Crippen molar-refractivity contribution in [3.05, 3.63) is 23.8 Å². The number of nitrogens with zero attached hydrogens (tertiary/aromatic N) is 2. The number of hydrogen-bond acceptors (Lipinski definition) is 4. The van der Waals surface area contributed by atoms with Crippen LogP contribution in [0.4, 0.5) is 10.3 Å². The average molecular weight is 476 g/mol. The number of anilines is 1. The van der Waals surface area contributed by atoms with Gasteiger partial charge in [-0.1, -0.05) is 54.0 Å². The molecule has 5 nitrogen and oxygen atoms in total. The minimum Gasteiger partial charge on any atom is -0.413 e. The predicted molar refractivity (Wildman–Crippen MR) is 137 cm³/mol. The van der Waals surface area contributed by atoms with Crippen molar-refractivity contribution in [3.63, 3.8) is 0 Å². The van der Waals surface area contributed by atoms with Gasteiger partial charge in [0.25, 0.3) is 0 Å². The standard InChI is InChI=1S/C26H42FN3O2Si/c1-17(2)33(18(3)4,19(5)6)32-16-26(7,27)15-30-23-13-12-20(14-22(23)29-25(30)28)21-10-8-9-11-24(21)31/h12-14,17-19,21H,8-11,15-16H2,1-7H3,(H2,28,29)/t21?,26-/m1/s1. The SMILES string of the molecule is CC(C)[Si](OC[C@](C)(F)Cn1c(N)nc2cc(C3CCCCC3=O)ccc21)(C(C)C)C(C)C. The van der Waals surface area contributed by atoms with Gasteiger partial charge in [0.1, 0.15) is 11.5 Å². The van der Waals surface area contributed by atoms with Gasteiger partial charge in [0.2, 0.25) is 5.95 Å². The van der Waals surface area contributed by atoms with Crippen LogP contribution in [0.1, 0.15) is 85.6 Å². The predicted octanol–water partition coefficient (Wildman–Crippen LogP) is 6.77. The van der Waals surface area contributed by atoms with Crippen LogP contribution in [0.2, 0.25) is 16.6 Å². The van der Waals surface area contributed by atoms with E-state index in [-0.39, 0.29) is 19.1 Å². The molecule has 1 heterocycles. The van der Waals surface area contributed by atoms with Gasteiger partial charge in [0, 0.05) is 12.3 Å². The van der Waals surface area contributed by atoms with Crippen LogP contribution >= 0.6 is 0 Å². The number of halogens is 1. The maximum absolute atomic E-state index is 15.9. The van der Waals surface area contributed by atoms with Crippen LogP contribution < -0.4 is 5.73 Å². The number of alkyl halides is 1. The Morgan fingerprint density at radius 1 is 1.18 bits per heavy atom. The molecule has 1 aliphatic rings. The lowest BCUT2D eigenvalue weighted by Crippen LogP contribution is -2.50. The third-order valence-electron chi connectivity index (χ3n) is 7.58. The molecular weight excluding hydrogens is 433 g/mol. The third-order valence-corrected chi connectivity index (χ3v) is 13.6. The first-order valence-corrected chi connectivity index (χ1v) is 14.6. The first-order chi connectivity index (χ1) is 15.4. The van der Waals surface area contributed by atoms with Crippen molar-refractivity contribution in [1.29, 1.82) is 0 Å². The molecule has 1 aromatic carbocycles. The average Bonchev–Trinajstić information content (AvgIpc) is 3.01. The molecule has 0 amide bonds. The molecule has 0 aliphatic heterocycles. The monoisotopic (exact) mass is 475 g/mol. The molecule has 2 atom stereocenters. The maximum Gasteiger partial charge on any atom is 0.201 e. The van der Waals surface area contributed by atoms with Crippen molar-refractivity contribution in [2.45, 2.75) is 109 Å². The summed E-state index contributed by atoms with van der Waals surface area (Å²) in [6, 6.07) is 5.87. The van der Waals surface area contributed by atoms with Crippen LogP contribution in [-0.2, 0) is 15.8 Å². The van der Waals surface area contributed by atoms with Gasteiger partial charge in [-0.2, -0.15) is 0 Å². The Bertz CT molecular complexity index is 962. The number of nitrogens with two attached hydrogens (primary N) is 1. The van der Waals surface area contributed by atoms with E-state index in [1.165, 1.54) is 0 Å². The molecular formula is C26H42FN3O2Si. The molecule has 184 valence electrons. The molecule has 0 bridgehead atoms. The zero-order valence-corrected chi connectivity index (χ0v) is 22.5. The molecule has 1 fully saturated rings. The van der Waals surface area contributed by atoms with Gasteiger partial charge < -0.3 is 14.7 Å². The van der Waals surface area contributed by atoms with Crippen LogP contribution in [-0.4, -0.2) is 35.9 Å². The van der Waals surface area contributed by atoms with Crippen molar-refractivity contribution < 1.29 is 13.6 Å². The Morgan fingerprint density at radius 2 is 1.82 bits per heavy atom. The van der Waals surface area contributed by atoms with E-state index >= 15 is 4.39 Å². The highest BCUT2D eigenvalue weighted by Crippen LogP contribution is 2.43. The molecule has 0 spiro atoms. The second kappa shape index (κ2) is 9.86. The summed E-state index contributed by atoms with van der Waals surface area (Å²) in [5, 5.41) is 0. The first-order valence-electron chi connectivity index (χ1n) is 12.5. The number of carbonyl (C=O) groups is 1. The van der Waals surface area contributed by atoms with Gasteiger partial charge in [-0.15, -0.1) is 0 Å². The van der Waals surface area contributed by atoms with Crippen molar-refractivity contribution in [2.24, 2.45) is 0 Å². The van der Waals surface area contributed by atoms with Crippen LogP contribution in [0.3, 0.4) is 0 Å². The highest BCUT2D eigenvalue weighted by Gasteiger charge is 2.46. The van der Waals surface area contributed by atoms with Crippen LogP contribution in [0.25, 0.3) is 11.0 Å². The minimum atomic E-state index is -2.17. The fraction of sp³-hybridized carbons (Fsp3) is 0.692. The molecule has 1 aromatic heterocycles. The lowest BCUT2D eigenvalue weighted by molar-refractivity contribution is -0.121. The van der Waals surface area contributed by atoms with Crippen LogP contribution in [0.15, 0.2) is 18.2 Å². The molecule has 2 N–H and O–H groups in total. The molecule has 7 heteroatoms. The number of aromatic nitrogens is 2. The lowest BCUT2D eigenvalue weighted by Gasteiger charge is -2.43. The molecule has 3 rings (SSSR count). The Balaban J connectivity index is 1.83. The van der Waals surface area contributed by atoms with E-state index in [0.29, 0.717) is 34.8 Å². The Labute approximate surface area is 199 Å². The number of hydrogen-bond donors (Lipinski definition) is 1. The maximum atomic E-state index is 15.9. The number of fused-ring (bicyclic) bond motifs is 1. The molecule has 0 radical (unpaired) electrons. The van der Waals surface area contributed by atoms with E-state index in [2.05, 4.69) is 46.5 Å². The van der Waals surface area contributed by atoms with Crippen LogP contribution in [0.5, 0.6) is 0 Å². The summed E-state index contributed by atoms with van der Waals surface area (Å²) in [6.07, 6.45) is 3.57. The number of Topliss-reactive ketones (excluding diaryl/α,β-unsaturated/α-hetero) is 1. The number of nitrogen functional groups attached to an aromatic ring is 1. The van der Waals surface area contributed by atoms with Gasteiger partial charge in [-0.3, -0.25) is 4.79 Å². The fourth-order valence-corrected chi connectivity index (χ4v) is 11.6. The van der Waals surface area contributed by atoms with Crippen molar-refractivity contribution >= 4 is 31.1 Å². The quantitative estimate of drug-likeness (QED) is 0.407. The largest absolute Gasteiger partial charge is 0.413 e. The number of benzene rings is 1. The molecule has 1 unspecified atom stereocenters. The number of imidazole rings is 1. The van der Waals surface area contributed by atoms with Crippen LogP contribution in [0, 0.1) is 0 Å². The summed E-state index contributed by atoms with van der Waals surface area (Å²) in [7, 11) is -2.17. The summed E-state index contributed by atoms with van der Waals surface area (Å²) >= 11 is 0. The van der Waals surface area contributed by atoms with E-state index in [1.54, 1.807) is 11.5 Å². The van der Waals surface area contributed by atoms with E-state index in [9.17, 15) is 4.79 Å². The molecule has 1 aliphatic carbocycles. The number of carbonyl (C=O) groups excluding carboxylic acids is 1. The van der Waals surface area contributed by atoms with E-state index in [4.69, 9.17) is 10.2 Å². The smallest absolute Gasteiger partial charge is 0.201 e. The Hall–Kier alpha value is -1.73. The summed E-state index contributed by atoms with van der Waals surface area (Å²) in [5.41, 5.74) is 8.34. The van der Waals surface area contributed by atoms with Crippen molar-refractivity contribution in [1.82, 2.24) is 9.55 Å². The summed E-state index contributed by atoms with van der Waals surface area (Å²) in [4.78, 5) is 16.9. The van der Waals surface area contributed by atoms with Gasteiger partial charge in [0.15, 0.2) is 8.32 Å². The van der Waals surface area contributed by atoms with E-state index in [0.717, 1.165) is 35.9 Å². The zero-order chi connectivity index (χ0) is 24.6. The fourth-order valence-electron chi connectivity index (χ4n) is 6.03. The normalized spacial score (nSPS) is 19.7. The van der Waals surface area contributed by atoms with Crippen molar-refractivity contribution in [3.8, 4) is 0 Å². The Kier molecular flexibility index (Phi) is 7.74. The van der Waals surface area contributed by atoms with Gasteiger partial charge >= 0.3 is 0 Å². The highest BCUT2D eigenvalue weighted by atomic mass is 28.4. The third kappa shape index (κ3) is 5.19. The van der Waals surface area contributed by atoms with Gasteiger partial charge in [-0.05, 0) is 54.1 Å². The molecule has 0 saturated heterocycles. The topological polar surface area (TPSA) is 70.1 Å². The van der Waals surface area contributed by atoms with Gasteiger partial charge in [0.05, 0.1) is 24.2 Å². The highest BCUT2D eigenvalue weighted by molar-refractivity contribution is 6.77. The van der Waals surface area contributed by atoms with Gasteiger partial charge in [-0.25, -0.2) is 9.37 Å². The second-order valence-corrected chi connectivity index (χ2v) is 16.5. The zero-order valence-electron chi connectivity index (χ0n) is 21.5. The number of rotatable bonds is 9. The molecule has 33 heavy (non-hydrogen) atoms. The molecule has 1 saturated carbocycles. The Morgan fingerprint density at radius 3 is 2.39 bits per heavy atom. The lowest BCUT2D eigenvalue weighted by atomic mass is 9.83. The van der Waals surface area contributed by atoms with Crippen molar-refractivity contribution in [2.75, 3.05) is 12.3 Å². The molecule has 2 aromatic rings. The van der Waals surface area contributed by atoms with E-state index in [1.807, 2.05) is 18.2 Å². The summed E-state index contributed by atoms with van der Waals surface area (Å²) in [5.74, 6) is 0.534. The second-order valence-electron chi connectivity index (χ2n) is 11.1. The minimum absolute atomic E-state index is 0.0432. The van der Waals surface area contributed by atoms with E-state index < -0.39 is 14.0 Å². The first kappa shape index (κ1) is 25.9. The summed E-state index contributed by atoms with van der Waals surface area (Å²) in [6.45, 7) is 15.0. The number of ketones is 1.